The molecule has 2 aromatic carbocycles. The van der Waals surface area contributed by atoms with E-state index in [0.717, 1.165) is 24.3 Å². The number of carbonyl (C=O) groups is 2. The standard InChI is InChI=1S/C21H21ClF3NO4/c1-2-3-10-17(19(27)28)26-20(29)30-18(13-6-4-9-16(23)11-13)21(24,25)14-7-5-8-15(22)12-14/h4-9,11-12,17-18H,2-3,10H2,1H3,(H,26,29)(H,27,28)/t17-,18?/m0/s1. The molecule has 0 aliphatic rings. The van der Waals surface area contributed by atoms with Gasteiger partial charge in [0.25, 0.3) is 0 Å². The Kier molecular flexibility index (Phi) is 8.11. The molecule has 1 amide bonds. The Morgan fingerprint density at radius 1 is 1.20 bits per heavy atom. The highest BCUT2D eigenvalue weighted by molar-refractivity contribution is 6.30. The molecule has 2 rings (SSSR count). The molecular weight excluding hydrogens is 423 g/mol. The third-order valence-corrected chi connectivity index (χ3v) is 4.59. The topological polar surface area (TPSA) is 75.6 Å². The van der Waals surface area contributed by atoms with Crippen LogP contribution in [-0.4, -0.2) is 23.2 Å². The monoisotopic (exact) mass is 443 g/mol. The fourth-order valence-electron chi connectivity index (χ4n) is 2.82. The van der Waals surface area contributed by atoms with Crippen LogP contribution in [0.1, 0.15) is 43.4 Å². The maximum absolute atomic E-state index is 15.3. The highest BCUT2D eigenvalue weighted by Gasteiger charge is 2.46. The van der Waals surface area contributed by atoms with Crippen molar-refractivity contribution < 1.29 is 32.6 Å². The van der Waals surface area contributed by atoms with Crippen molar-refractivity contribution in [2.45, 2.75) is 44.3 Å². The molecule has 0 aliphatic carbocycles. The lowest BCUT2D eigenvalue weighted by atomic mass is 9.97. The zero-order valence-corrected chi connectivity index (χ0v) is 16.8. The fraction of sp³-hybridized carbons (Fsp3) is 0.333. The number of hydrogen-bond donors (Lipinski definition) is 2. The van der Waals surface area contributed by atoms with Crippen molar-refractivity contribution in [2.75, 3.05) is 0 Å². The predicted molar refractivity (Wildman–Crippen MR) is 105 cm³/mol. The number of unbranched alkanes of at least 4 members (excludes halogenated alkanes) is 1. The van der Waals surface area contributed by atoms with E-state index in [1.807, 2.05) is 6.92 Å². The summed E-state index contributed by atoms with van der Waals surface area (Å²) in [6, 6.07) is 7.78. The number of carboxylic acid groups (broad SMARTS) is 1. The van der Waals surface area contributed by atoms with Crippen LogP contribution in [0.3, 0.4) is 0 Å². The van der Waals surface area contributed by atoms with Crippen LogP contribution < -0.4 is 5.32 Å². The first-order valence-corrected chi connectivity index (χ1v) is 9.62. The minimum absolute atomic E-state index is 0.0418. The molecule has 0 radical (unpaired) electrons. The van der Waals surface area contributed by atoms with Crippen molar-refractivity contribution in [2.24, 2.45) is 0 Å². The van der Waals surface area contributed by atoms with E-state index in [-0.39, 0.29) is 17.0 Å². The van der Waals surface area contributed by atoms with Gasteiger partial charge in [-0.3, -0.25) is 0 Å². The van der Waals surface area contributed by atoms with Crippen LogP contribution in [0.2, 0.25) is 5.02 Å². The molecule has 0 saturated carbocycles. The van der Waals surface area contributed by atoms with Crippen LogP contribution in [0, 0.1) is 5.82 Å². The molecule has 0 aliphatic heterocycles. The third-order valence-electron chi connectivity index (χ3n) is 4.35. The van der Waals surface area contributed by atoms with Gasteiger partial charge >= 0.3 is 18.0 Å². The van der Waals surface area contributed by atoms with Gasteiger partial charge in [-0.05, 0) is 30.7 Å². The summed E-state index contributed by atoms with van der Waals surface area (Å²) in [7, 11) is 0. The summed E-state index contributed by atoms with van der Waals surface area (Å²) in [6.45, 7) is 1.84. The zero-order chi connectivity index (χ0) is 22.3. The maximum Gasteiger partial charge on any atom is 0.408 e. The largest absolute Gasteiger partial charge is 0.480 e. The summed E-state index contributed by atoms with van der Waals surface area (Å²) in [5.74, 6) is -5.89. The van der Waals surface area contributed by atoms with Crippen LogP contribution in [0.5, 0.6) is 0 Å². The molecule has 2 atom stereocenters. The number of alkyl halides is 2. The van der Waals surface area contributed by atoms with Crippen molar-refractivity contribution in [3.8, 4) is 0 Å². The number of ether oxygens (including phenoxy) is 1. The van der Waals surface area contributed by atoms with Crippen LogP contribution >= 0.6 is 11.6 Å². The Morgan fingerprint density at radius 2 is 1.90 bits per heavy atom. The number of alkyl carbamates (subject to hydrolysis) is 1. The van der Waals surface area contributed by atoms with E-state index in [4.69, 9.17) is 16.3 Å². The number of carboxylic acids is 1. The number of rotatable bonds is 9. The molecule has 0 bridgehead atoms. The zero-order valence-electron chi connectivity index (χ0n) is 16.1. The van der Waals surface area contributed by atoms with E-state index < -0.39 is 41.5 Å². The molecule has 0 fully saturated rings. The summed E-state index contributed by atoms with van der Waals surface area (Å²) in [4.78, 5) is 23.6. The molecule has 0 aromatic heterocycles. The van der Waals surface area contributed by atoms with Gasteiger partial charge in [-0.15, -0.1) is 0 Å². The molecule has 2 N–H and O–H groups in total. The fourth-order valence-corrected chi connectivity index (χ4v) is 3.01. The number of aliphatic carboxylic acids is 1. The van der Waals surface area contributed by atoms with E-state index in [1.165, 1.54) is 24.3 Å². The van der Waals surface area contributed by atoms with Crippen molar-refractivity contribution >= 4 is 23.7 Å². The van der Waals surface area contributed by atoms with Crippen LogP contribution in [0.4, 0.5) is 18.0 Å². The van der Waals surface area contributed by atoms with Crippen molar-refractivity contribution in [3.05, 3.63) is 70.5 Å². The van der Waals surface area contributed by atoms with Crippen molar-refractivity contribution in [3.63, 3.8) is 0 Å². The Hall–Kier alpha value is -2.74. The molecule has 2 aromatic rings. The molecule has 0 saturated heterocycles. The lowest BCUT2D eigenvalue weighted by Gasteiger charge is -2.28. The van der Waals surface area contributed by atoms with E-state index in [0.29, 0.717) is 12.8 Å². The Bertz CT molecular complexity index is 894. The average molecular weight is 444 g/mol. The number of benzene rings is 2. The van der Waals surface area contributed by atoms with E-state index in [1.54, 1.807) is 0 Å². The summed E-state index contributed by atoms with van der Waals surface area (Å²) in [5, 5.41) is 11.4. The minimum Gasteiger partial charge on any atom is -0.480 e. The maximum atomic E-state index is 15.3. The average Bonchev–Trinajstić information content (AvgIpc) is 2.69. The summed E-state index contributed by atoms with van der Waals surface area (Å²) < 4.78 is 49.2. The SMILES string of the molecule is CCCC[C@H](NC(=O)OC(c1cccc(F)c1)C(F)(F)c1cccc(Cl)c1)C(=O)O. The number of hydrogen-bond acceptors (Lipinski definition) is 3. The van der Waals surface area contributed by atoms with Gasteiger partial charge in [0, 0.05) is 16.1 Å². The van der Waals surface area contributed by atoms with E-state index >= 15 is 8.78 Å². The molecule has 5 nitrogen and oxygen atoms in total. The highest BCUT2D eigenvalue weighted by Crippen LogP contribution is 2.43. The second-order valence-corrected chi connectivity index (χ2v) is 7.09. The first-order valence-electron chi connectivity index (χ1n) is 9.24. The Balaban J connectivity index is 2.35. The molecule has 0 spiro atoms. The number of carbonyl (C=O) groups excluding carboxylic acids is 1. The molecule has 162 valence electrons. The molecule has 30 heavy (non-hydrogen) atoms. The molecule has 9 heteroatoms. The molecule has 0 heterocycles. The van der Waals surface area contributed by atoms with Crippen LogP contribution in [0.25, 0.3) is 0 Å². The minimum atomic E-state index is -3.78. The van der Waals surface area contributed by atoms with Gasteiger partial charge in [0.05, 0.1) is 0 Å². The molecule has 1 unspecified atom stereocenters. The van der Waals surface area contributed by atoms with E-state index in [2.05, 4.69) is 5.32 Å². The van der Waals surface area contributed by atoms with Gasteiger partial charge < -0.3 is 15.2 Å². The van der Waals surface area contributed by atoms with Gasteiger partial charge in [-0.25, -0.2) is 14.0 Å². The first kappa shape index (κ1) is 23.5. The highest BCUT2D eigenvalue weighted by atomic mass is 35.5. The number of nitrogens with one attached hydrogen (secondary N) is 1. The number of halogens is 4. The van der Waals surface area contributed by atoms with Crippen molar-refractivity contribution in [1.82, 2.24) is 5.32 Å². The van der Waals surface area contributed by atoms with Crippen molar-refractivity contribution in [1.29, 1.82) is 0 Å². The predicted octanol–water partition coefficient (Wildman–Crippen LogP) is 5.68. The third kappa shape index (κ3) is 6.13. The molecular formula is C21H21ClF3NO4. The summed E-state index contributed by atoms with van der Waals surface area (Å²) in [5.41, 5.74) is -0.839. The Labute approximate surface area is 176 Å². The van der Waals surface area contributed by atoms with Crippen LogP contribution in [0.15, 0.2) is 48.5 Å². The van der Waals surface area contributed by atoms with Gasteiger partial charge in [0.15, 0.2) is 6.10 Å². The Morgan fingerprint density at radius 3 is 2.50 bits per heavy atom. The van der Waals surface area contributed by atoms with E-state index in [9.17, 15) is 19.1 Å². The lowest BCUT2D eigenvalue weighted by Crippen LogP contribution is -2.42. The van der Waals surface area contributed by atoms with Gasteiger partial charge in [0.2, 0.25) is 0 Å². The summed E-state index contributed by atoms with van der Waals surface area (Å²) >= 11 is 5.81. The van der Waals surface area contributed by atoms with Gasteiger partial charge in [-0.1, -0.05) is 55.6 Å². The lowest BCUT2D eigenvalue weighted by molar-refractivity contribution is -0.140. The quantitative estimate of drug-likeness (QED) is 0.522. The second kappa shape index (κ2) is 10.3. The first-order chi connectivity index (χ1) is 14.1. The number of amides is 1. The summed E-state index contributed by atoms with van der Waals surface area (Å²) in [6.07, 6.45) is -2.28. The second-order valence-electron chi connectivity index (χ2n) is 6.65. The smallest absolute Gasteiger partial charge is 0.408 e. The van der Waals surface area contributed by atoms with Gasteiger partial charge in [-0.2, -0.15) is 8.78 Å². The van der Waals surface area contributed by atoms with Gasteiger partial charge in [0.1, 0.15) is 11.9 Å². The van der Waals surface area contributed by atoms with Crippen LogP contribution in [-0.2, 0) is 15.5 Å². The normalized spacial score (nSPS) is 13.4.